The van der Waals surface area contributed by atoms with Gasteiger partial charge in [-0.3, -0.25) is 9.59 Å². The second-order valence-corrected chi connectivity index (χ2v) is 4.92. The number of rotatable bonds is 3. The molecule has 1 aliphatic rings. The molecule has 96 valence electrons. The second-order valence-electron chi connectivity index (χ2n) is 3.93. The van der Waals surface area contributed by atoms with Crippen molar-refractivity contribution >= 4 is 29.3 Å². The number of anilines is 1. The largest absolute Gasteiger partial charge is 0.506 e. The Hall–Kier alpha value is -1.73. The zero-order valence-electron chi connectivity index (χ0n) is 9.34. The average molecular weight is 268 g/mol. The Morgan fingerprint density at radius 3 is 2.94 bits per heavy atom. The lowest BCUT2D eigenvalue weighted by Crippen LogP contribution is -2.32. The van der Waals surface area contributed by atoms with Crippen LogP contribution in [0.25, 0.3) is 0 Å². The Morgan fingerprint density at radius 1 is 1.56 bits per heavy atom. The molecule has 0 fully saturated rings. The van der Waals surface area contributed by atoms with E-state index < -0.39 is 12.0 Å². The lowest BCUT2D eigenvalue weighted by atomic mass is 10.1. The number of fused-ring (bicyclic) bond motifs is 1. The first kappa shape index (κ1) is 12.7. The van der Waals surface area contributed by atoms with Gasteiger partial charge >= 0.3 is 5.97 Å². The second kappa shape index (κ2) is 4.87. The van der Waals surface area contributed by atoms with Crippen molar-refractivity contribution in [1.29, 1.82) is 0 Å². The third-order valence-electron chi connectivity index (χ3n) is 2.59. The standard InChI is InChI=1S/C11H12N2O4S/c12-6(11(16)17)3-5-1-2-7(14)9-10(5)18-4-8(15)13-9/h1-2,6,14H,3-4,12H2,(H,13,15)(H,16,17)/t6-/m0/s1. The van der Waals surface area contributed by atoms with E-state index in [1.165, 1.54) is 17.8 Å². The van der Waals surface area contributed by atoms with Gasteiger partial charge in [0.15, 0.2) is 0 Å². The monoisotopic (exact) mass is 268 g/mol. The fourth-order valence-corrected chi connectivity index (χ4v) is 2.68. The molecule has 2 rings (SSSR count). The summed E-state index contributed by atoms with van der Waals surface area (Å²) in [7, 11) is 0. The number of nitrogens with one attached hydrogen (secondary N) is 1. The van der Waals surface area contributed by atoms with Crippen LogP contribution in [0.5, 0.6) is 5.75 Å². The Morgan fingerprint density at radius 2 is 2.28 bits per heavy atom. The number of carbonyl (C=O) groups excluding carboxylic acids is 1. The number of amides is 1. The van der Waals surface area contributed by atoms with Crippen LogP contribution in [0.1, 0.15) is 5.56 Å². The van der Waals surface area contributed by atoms with Crippen LogP contribution in [-0.2, 0) is 16.0 Å². The summed E-state index contributed by atoms with van der Waals surface area (Å²) in [5, 5.41) is 21.0. The number of phenols is 1. The molecule has 0 bridgehead atoms. The van der Waals surface area contributed by atoms with Gasteiger partial charge in [0.2, 0.25) is 5.91 Å². The highest BCUT2D eigenvalue weighted by molar-refractivity contribution is 8.00. The number of aromatic hydroxyl groups is 1. The highest BCUT2D eigenvalue weighted by atomic mass is 32.2. The van der Waals surface area contributed by atoms with Gasteiger partial charge in [-0.05, 0) is 18.1 Å². The molecule has 0 unspecified atom stereocenters. The summed E-state index contributed by atoms with van der Waals surface area (Å²) in [6.45, 7) is 0. The number of nitrogens with two attached hydrogens (primary N) is 1. The summed E-state index contributed by atoms with van der Waals surface area (Å²) in [5.74, 6) is -1.06. The molecule has 1 amide bonds. The van der Waals surface area contributed by atoms with Gasteiger partial charge in [-0.2, -0.15) is 0 Å². The SMILES string of the molecule is N[C@@H](Cc1ccc(O)c2c1SCC(=O)N2)C(=O)O. The molecule has 0 radical (unpaired) electrons. The van der Waals surface area contributed by atoms with Gasteiger partial charge in [-0.1, -0.05) is 6.07 Å². The third-order valence-corrected chi connectivity index (χ3v) is 3.75. The van der Waals surface area contributed by atoms with Gasteiger partial charge in [0.1, 0.15) is 11.8 Å². The molecule has 6 nitrogen and oxygen atoms in total. The smallest absolute Gasteiger partial charge is 0.320 e. The lowest BCUT2D eigenvalue weighted by molar-refractivity contribution is -0.138. The van der Waals surface area contributed by atoms with E-state index in [2.05, 4.69) is 5.32 Å². The van der Waals surface area contributed by atoms with Crippen LogP contribution in [0.3, 0.4) is 0 Å². The topological polar surface area (TPSA) is 113 Å². The number of aliphatic carboxylic acids is 1. The number of phenolic OH excluding ortho intramolecular Hbond substituents is 1. The van der Waals surface area contributed by atoms with Crippen molar-refractivity contribution in [2.75, 3.05) is 11.1 Å². The number of benzene rings is 1. The fourth-order valence-electron chi connectivity index (χ4n) is 1.70. The van der Waals surface area contributed by atoms with Gasteiger partial charge in [0, 0.05) is 4.90 Å². The summed E-state index contributed by atoms with van der Waals surface area (Å²) in [6.07, 6.45) is 0.154. The average Bonchev–Trinajstić information content (AvgIpc) is 2.32. The van der Waals surface area contributed by atoms with Gasteiger partial charge in [0.25, 0.3) is 0 Å². The molecular weight excluding hydrogens is 256 g/mol. The first-order chi connectivity index (χ1) is 8.49. The van der Waals surface area contributed by atoms with Crippen LogP contribution in [0.2, 0.25) is 0 Å². The predicted molar refractivity (Wildman–Crippen MR) is 66.8 cm³/mol. The molecule has 0 aromatic heterocycles. The molecule has 0 spiro atoms. The molecule has 0 saturated heterocycles. The van der Waals surface area contributed by atoms with Crippen LogP contribution < -0.4 is 11.1 Å². The molecule has 7 heteroatoms. The van der Waals surface area contributed by atoms with Crippen LogP contribution in [0.4, 0.5) is 5.69 Å². The van der Waals surface area contributed by atoms with E-state index in [9.17, 15) is 14.7 Å². The van der Waals surface area contributed by atoms with E-state index in [1.807, 2.05) is 0 Å². The Bertz CT molecular complexity index is 518. The fraction of sp³-hybridized carbons (Fsp3) is 0.273. The summed E-state index contributed by atoms with van der Waals surface area (Å²) in [6, 6.07) is 2.05. The number of hydrogen-bond donors (Lipinski definition) is 4. The molecule has 5 N–H and O–H groups in total. The van der Waals surface area contributed by atoms with Crippen LogP contribution in [0.15, 0.2) is 17.0 Å². The predicted octanol–water partition coefficient (Wildman–Crippen LogP) is 0.391. The van der Waals surface area contributed by atoms with E-state index in [0.717, 1.165) is 0 Å². The maximum atomic E-state index is 11.3. The molecule has 1 aliphatic heterocycles. The van der Waals surface area contributed by atoms with Crippen molar-refractivity contribution in [2.45, 2.75) is 17.4 Å². The number of carboxylic acid groups (broad SMARTS) is 1. The molecule has 18 heavy (non-hydrogen) atoms. The van der Waals surface area contributed by atoms with Crippen molar-refractivity contribution < 1.29 is 19.8 Å². The molecule has 1 aromatic carbocycles. The van der Waals surface area contributed by atoms with E-state index in [-0.39, 0.29) is 23.8 Å². The maximum Gasteiger partial charge on any atom is 0.320 e. The van der Waals surface area contributed by atoms with Gasteiger partial charge in [-0.15, -0.1) is 11.8 Å². The molecule has 0 saturated carbocycles. The minimum absolute atomic E-state index is 0.0294. The van der Waals surface area contributed by atoms with Crippen molar-refractivity contribution in [2.24, 2.45) is 5.73 Å². The highest BCUT2D eigenvalue weighted by Gasteiger charge is 2.23. The van der Waals surface area contributed by atoms with Gasteiger partial charge in [-0.25, -0.2) is 0 Å². The number of thioether (sulfide) groups is 1. The minimum Gasteiger partial charge on any atom is -0.506 e. The van der Waals surface area contributed by atoms with E-state index >= 15 is 0 Å². The molecular formula is C11H12N2O4S. The van der Waals surface area contributed by atoms with Crippen molar-refractivity contribution in [3.63, 3.8) is 0 Å². The summed E-state index contributed by atoms with van der Waals surface area (Å²) < 4.78 is 0. The highest BCUT2D eigenvalue weighted by Crippen LogP contribution is 2.40. The first-order valence-corrected chi connectivity index (χ1v) is 6.23. The summed E-state index contributed by atoms with van der Waals surface area (Å²) >= 11 is 1.27. The van der Waals surface area contributed by atoms with Gasteiger partial charge < -0.3 is 21.3 Å². The quantitative estimate of drug-likeness (QED) is 0.590. The zero-order chi connectivity index (χ0) is 13.3. The third kappa shape index (κ3) is 2.41. The van der Waals surface area contributed by atoms with E-state index in [1.54, 1.807) is 6.07 Å². The van der Waals surface area contributed by atoms with Crippen LogP contribution in [-0.4, -0.2) is 33.9 Å². The Balaban J connectivity index is 2.35. The normalized spacial score (nSPS) is 15.7. The first-order valence-electron chi connectivity index (χ1n) is 5.25. The van der Waals surface area contributed by atoms with E-state index in [0.29, 0.717) is 16.1 Å². The minimum atomic E-state index is -1.08. The molecule has 1 aromatic rings. The van der Waals surface area contributed by atoms with Gasteiger partial charge in [0.05, 0.1) is 11.4 Å². The van der Waals surface area contributed by atoms with Crippen molar-refractivity contribution in [3.8, 4) is 5.75 Å². The van der Waals surface area contributed by atoms with Crippen LogP contribution in [0, 0.1) is 0 Å². The van der Waals surface area contributed by atoms with E-state index in [4.69, 9.17) is 10.8 Å². The number of carbonyl (C=O) groups is 2. The molecule has 0 aliphatic carbocycles. The molecule has 1 heterocycles. The number of hydrogen-bond acceptors (Lipinski definition) is 5. The zero-order valence-corrected chi connectivity index (χ0v) is 10.2. The van der Waals surface area contributed by atoms with Crippen molar-refractivity contribution in [1.82, 2.24) is 0 Å². The van der Waals surface area contributed by atoms with Crippen molar-refractivity contribution in [3.05, 3.63) is 17.7 Å². The Labute approximate surface area is 107 Å². The number of carboxylic acids is 1. The summed E-state index contributed by atoms with van der Waals surface area (Å²) in [5.41, 5.74) is 6.54. The summed E-state index contributed by atoms with van der Waals surface area (Å²) in [4.78, 5) is 22.7. The van der Waals surface area contributed by atoms with Crippen LogP contribution >= 0.6 is 11.8 Å². The lowest BCUT2D eigenvalue weighted by Gasteiger charge is -2.21. The maximum absolute atomic E-state index is 11.3. The Kier molecular flexibility index (Phi) is 3.44. The molecule has 1 atom stereocenters.